The molecule has 4 nitrogen and oxygen atoms in total. The van der Waals surface area contributed by atoms with Crippen LogP contribution in [0.1, 0.15) is 6.92 Å². The number of anilines is 1. The van der Waals surface area contributed by atoms with E-state index in [1.807, 2.05) is 11.9 Å². The van der Waals surface area contributed by atoms with Crippen molar-refractivity contribution < 1.29 is 5.11 Å². The van der Waals surface area contributed by atoms with Gasteiger partial charge in [-0.1, -0.05) is 0 Å². The van der Waals surface area contributed by atoms with Gasteiger partial charge in [-0.3, -0.25) is 0 Å². The largest absolute Gasteiger partial charge is 0.392 e. The van der Waals surface area contributed by atoms with Gasteiger partial charge in [0.05, 0.1) is 10.6 Å². The predicted molar refractivity (Wildman–Crippen MR) is 54.7 cm³/mol. The van der Waals surface area contributed by atoms with E-state index in [0.717, 1.165) is 10.3 Å². The lowest BCUT2D eigenvalue weighted by molar-refractivity contribution is 0.201. The molecule has 1 rings (SSSR count). The van der Waals surface area contributed by atoms with E-state index in [-0.39, 0.29) is 6.10 Å². The molecule has 0 radical (unpaired) electrons. The van der Waals surface area contributed by atoms with E-state index in [9.17, 15) is 5.11 Å². The summed E-state index contributed by atoms with van der Waals surface area (Å²) in [6.07, 6.45) is 2.80. The van der Waals surface area contributed by atoms with Gasteiger partial charge in [-0.25, -0.2) is 9.97 Å². The SMILES string of the molecule is C[C@H](O)CN(C)c1ncncc1Br. The van der Waals surface area contributed by atoms with Crippen molar-refractivity contribution in [1.29, 1.82) is 0 Å². The van der Waals surface area contributed by atoms with Gasteiger partial charge in [0.15, 0.2) is 0 Å². The van der Waals surface area contributed by atoms with E-state index >= 15 is 0 Å². The van der Waals surface area contributed by atoms with E-state index in [1.54, 1.807) is 13.1 Å². The Kier molecular flexibility index (Phi) is 3.62. The van der Waals surface area contributed by atoms with Crippen molar-refractivity contribution in [2.75, 3.05) is 18.5 Å². The van der Waals surface area contributed by atoms with Gasteiger partial charge in [0.2, 0.25) is 0 Å². The summed E-state index contributed by atoms with van der Waals surface area (Å²) in [7, 11) is 1.87. The Labute approximate surface area is 85.8 Å². The molecule has 0 spiro atoms. The van der Waals surface area contributed by atoms with Crippen molar-refractivity contribution in [2.45, 2.75) is 13.0 Å². The summed E-state index contributed by atoms with van der Waals surface area (Å²) >= 11 is 3.34. The fourth-order valence-corrected chi connectivity index (χ4v) is 1.59. The van der Waals surface area contributed by atoms with Crippen LogP contribution in [0.5, 0.6) is 0 Å². The summed E-state index contributed by atoms with van der Waals surface area (Å²) in [4.78, 5) is 9.82. The normalized spacial score (nSPS) is 12.6. The summed E-state index contributed by atoms with van der Waals surface area (Å²) in [5, 5.41) is 9.17. The highest BCUT2D eigenvalue weighted by Crippen LogP contribution is 2.20. The lowest BCUT2D eigenvalue weighted by Crippen LogP contribution is -2.27. The van der Waals surface area contributed by atoms with E-state index < -0.39 is 0 Å². The van der Waals surface area contributed by atoms with Crippen molar-refractivity contribution >= 4 is 21.7 Å². The van der Waals surface area contributed by atoms with Crippen LogP contribution in [0.3, 0.4) is 0 Å². The van der Waals surface area contributed by atoms with E-state index in [0.29, 0.717) is 6.54 Å². The number of rotatable bonds is 3. The molecular formula is C8H12BrN3O. The van der Waals surface area contributed by atoms with E-state index in [2.05, 4.69) is 25.9 Å². The average molecular weight is 246 g/mol. The molecule has 0 unspecified atom stereocenters. The summed E-state index contributed by atoms with van der Waals surface area (Å²) in [5.74, 6) is 0.788. The van der Waals surface area contributed by atoms with Crippen LogP contribution in [0.25, 0.3) is 0 Å². The first-order valence-electron chi connectivity index (χ1n) is 3.96. The molecule has 72 valence electrons. The van der Waals surface area contributed by atoms with Gasteiger partial charge in [-0.2, -0.15) is 0 Å². The zero-order valence-corrected chi connectivity index (χ0v) is 9.19. The fraction of sp³-hybridized carbons (Fsp3) is 0.500. The number of aromatic nitrogens is 2. The summed E-state index contributed by atoms with van der Waals surface area (Å²) in [6, 6.07) is 0. The summed E-state index contributed by atoms with van der Waals surface area (Å²) < 4.78 is 0.832. The topological polar surface area (TPSA) is 49.2 Å². The first kappa shape index (κ1) is 10.4. The standard InChI is InChI=1S/C8H12BrN3O/c1-6(13)4-12(2)8-7(9)3-10-5-11-8/h3,5-6,13H,4H2,1-2H3/t6-/m0/s1. The number of halogens is 1. The van der Waals surface area contributed by atoms with Crippen LogP contribution in [-0.4, -0.2) is 34.8 Å². The van der Waals surface area contributed by atoms with Crippen LogP contribution >= 0.6 is 15.9 Å². The first-order chi connectivity index (χ1) is 6.11. The van der Waals surface area contributed by atoms with Gasteiger partial charge < -0.3 is 10.0 Å². The second kappa shape index (κ2) is 4.53. The highest BCUT2D eigenvalue weighted by molar-refractivity contribution is 9.10. The molecular weight excluding hydrogens is 234 g/mol. The molecule has 0 aliphatic rings. The van der Waals surface area contributed by atoms with E-state index in [1.165, 1.54) is 6.33 Å². The van der Waals surface area contributed by atoms with Gasteiger partial charge in [0.1, 0.15) is 12.1 Å². The highest BCUT2D eigenvalue weighted by Gasteiger charge is 2.08. The fourth-order valence-electron chi connectivity index (χ4n) is 1.07. The quantitative estimate of drug-likeness (QED) is 0.866. The van der Waals surface area contributed by atoms with Gasteiger partial charge in [-0.15, -0.1) is 0 Å². The van der Waals surface area contributed by atoms with Gasteiger partial charge in [0, 0.05) is 19.8 Å². The Morgan fingerprint density at radius 3 is 2.92 bits per heavy atom. The monoisotopic (exact) mass is 245 g/mol. The van der Waals surface area contributed by atoms with Crippen LogP contribution in [-0.2, 0) is 0 Å². The van der Waals surface area contributed by atoms with Gasteiger partial charge in [-0.05, 0) is 22.9 Å². The van der Waals surface area contributed by atoms with Crippen LogP contribution in [0.2, 0.25) is 0 Å². The lowest BCUT2D eigenvalue weighted by atomic mass is 10.4. The maximum atomic E-state index is 9.17. The minimum Gasteiger partial charge on any atom is -0.392 e. The zero-order chi connectivity index (χ0) is 9.84. The van der Waals surface area contributed by atoms with Gasteiger partial charge in [0.25, 0.3) is 0 Å². The second-order valence-corrected chi connectivity index (χ2v) is 3.78. The molecule has 0 saturated heterocycles. The number of nitrogens with zero attached hydrogens (tertiary/aromatic N) is 3. The molecule has 0 bridgehead atoms. The minimum absolute atomic E-state index is 0.369. The lowest BCUT2D eigenvalue weighted by Gasteiger charge is -2.20. The number of aliphatic hydroxyl groups is 1. The second-order valence-electron chi connectivity index (χ2n) is 2.92. The molecule has 13 heavy (non-hydrogen) atoms. The number of aliphatic hydroxyl groups excluding tert-OH is 1. The Hall–Kier alpha value is -0.680. The van der Waals surface area contributed by atoms with Crippen LogP contribution in [0.4, 0.5) is 5.82 Å². The molecule has 0 saturated carbocycles. The Morgan fingerprint density at radius 2 is 2.38 bits per heavy atom. The first-order valence-corrected chi connectivity index (χ1v) is 4.75. The van der Waals surface area contributed by atoms with Crippen molar-refractivity contribution in [2.24, 2.45) is 0 Å². The maximum absolute atomic E-state index is 9.17. The molecule has 0 aliphatic heterocycles. The minimum atomic E-state index is -0.369. The summed E-state index contributed by atoms with van der Waals surface area (Å²) in [5.41, 5.74) is 0. The average Bonchev–Trinajstić information content (AvgIpc) is 2.03. The molecule has 5 heteroatoms. The maximum Gasteiger partial charge on any atom is 0.146 e. The molecule has 0 fully saturated rings. The Bertz CT molecular complexity index is 280. The number of likely N-dealkylation sites (N-methyl/N-ethyl adjacent to an activating group) is 1. The molecule has 1 N–H and O–H groups in total. The van der Waals surface area contributed by atoms with Crippen LogP contribution in [0.15, 0.2) is 17.0 Å². The third kappa shape index (κ3) is 2.93. The zero-order valence-electron chi connectivity index (χ0n) is 7.61. The van der Waals surface area contributed by atoms with Gasteiger partial charge >= 0.3 is 0 Å². The smallest absolute Gasteiger partial charge is 0.146 e. The van der Waals surface area contributed by atoms with Crippen molar-refractivity contribution in [3.8, 4) is 0 Å². The Morgan fingerprint density at radius 1 is 1.69 bits per heavy atom. The highest BCUT2D eigenvalue weighted by atomic mass is 79.9. The van der Waals surface area contributed by atoms with E-state index in [4.69, 9.17) is 0 Å². The molecule has 0 aromatic carbocycles. The van der Waals surface area contributed by atoms with Crippen molar-refractivity contribution in [1.82, 2.24) is 9.97 Å². The third-order valence-corrected chi connectivity index (χ3v) is 2.11. The third-order valence-electron chi connectivity index (χ3n) is 1.55. The molecule has 1 aromatic heterocycles. The molecule has 1 heterocycles. The van der Waals surface area contributed by atoms with Crippen LogP contribution in [0, 0.1) is 0 Å². The molecule has 0 aliphatic carbocycles. The number of hydrogen-bond donors (Lipinski definition) is 1. The summed E-state index contributed by atoms with van der Waals surface area (Å²) in [6.45, 7) is 2.29. The van der Waals surface area contributed by atoms with Crippen molar-refractivity contribution in [3.05, 3.63) is 17.0 Å². The van der Waals surface area contributed by atoms with Crippen molar-refractivity contribution in [3.63, 3.8) is 0 Å². The molecule has 1 atom stereocenters. The molecule has 1 aromatic rings. The number of hydrogen-bond acceptors (Lipinski definition) is 4. The van der Waals surface area contributed by atoms with Crippen LogP contribution < -0.4 is 4.90 Å². The predicted octanol–water partition coefficient (Wildman–Crippen LogP) is 1.06. The Balaban J connectivity index is 2.76. The molecule has 0 amide bonds.